The number of hydrogen-bond acceptors (Lipinski definition) is 5. The second-order valence-electron chi connectivity index (χ2n) is 4.88. The molecule has 1 fully saturated rings. The first-order valence-electron chi connectivity index (χ1n) is 6.39. The summed E-state index contributed by atoms with van der Waals surface area (Å²) in [6.07, 6.45) is 0. The molecule has 1 saturated heterocycles. The molecule has 21 heavy (non-hydrogen) atoms. The Balaban J connectivity index is 1.98. The molecule has 0 saturated carbocycles. The lowest BCUT2D eigenvalue weighted by Gasteiger charge is -2.22. The monoisotopic (exact) mass is 291 g/mol. The van der Waals surface area contributed by atoms with Crippen LogP contribution >= 0.6 is 0 Å². The third-order valence-corrected chi connectivity index (χ3v) is 3.24. The lowest BCUT2D eigenvalue weighted by Crippen LogP contribution is -2.40. The molecule has 0 N–H and O–H groups in total. The molecule has 1 aliphatic rings. The molecule has 0 atom stereocenters. The number of methoxy groups -OCH3 is 1. The van der Waals surface area contributed by atoms with E-state index in [0.717, 1.165) is 21.1 Å². The number of urea groups is 1. The molecular weight excluding hydrogens is 274 g/mol. The number of carbonyl (C=O) groups is 3. The van der Waals surface area contributed by atoms with Crippen LogP contribution in [0.15, 0.2) is 24.3 Å². The minimum Gasteiger partial charge on any atom is -0.497 e. The van der Waals surface area contributed by atoms with Gasteiger partial charge < -0.3 is 4.74 Å². The quantitative estimate of drug-likeness (QED) is 0.584. The predicted molar refractivity (Wildman–Crippen MR) is 74.3 cm³/mol. The summed E-state index contributed by atoms with van der Waals surface area (Å²) in [5.74, 6) is -0.819. The fraction of sp³-hybridized carbons (Fsp3) is 0.357. The first-order valence-corrected chi connectivity index (χ1v) is 6.39. The van der Waals surface area contributed by atoms with Crippen LogP contribution in [0.25, 0.3) is 0 Å². The SMILES string of the molecule is COc1ccc(CN(C)CN2C(=O)C(=O)N(C)C2=O)cc1. The maximum atomic E-state index is 11.8. The molecule has 1 aromatic carbocycles. The molecule has 7 nitrogen and oxygen atoms in total. The maximum Gasteiger partial charge on any atom is 0.335 e. The fourth-order valence-corrected chi connectivity index (χ4v) is 2.07. The van der Waals surface area contributed by atoms with Crippen molar-refractivity contribution in [2.75, 3.05) is 27.9 Å². The van der Waals surface area contributed by atoms with Gasteiger partial charge >= 0.3 is 17.8 Å². The standard InChI is InChI=1S/C14H17N3O4/c1-15(8-10-4-6-11(21-3)7-5-10)9-17-13(19)12(18)16(2)14(17)20/h4-7H,8-9H2,1-3H3. The van der Waals surface area contributed by atoms with Crippen LogP contribution in [0.3, 0.4) is 0 Å². The van der Waals surface area contributed by atoms with Crippen LogP contribution in [0, 0.1) is 0 Å². The Labute approximate surface area is 122 Å². The average Bonchev–Trinajstić information content (AvgIpc) is 2.66. The van der Waals surface area contributed by atoms with Crippen LogP contribution in [0.4, 0.5) is 4.79 Å². The van der Waals surface area contributed by atoms with Crippen LogP contribution < -0.4 is 4.74 Å². The maximum absolute atomic E-state index is 11.8. The Morgan fingerprint density at radius 1 is 1.10 bits per heavy atom. The number of benzene rings is 1. The second-order valence-corrected chi connectivity index (χ2v) is 4.88. The van der Waals surface area contributed by atoms with Gasteiger partial charge in [-0.05, 0) is 24.7 Å². The number of likely N-dealkylation sites (N-methyl/N-ethyl adjacent to an activating group) is 1. The van der Waals surface area contributed by atoms with Gasteiger partial charge in [-0.3, -0.25) is 19.4 Å². The molecular formula is C14H17N3O4. The molecule has 4 amide bonds. The van der Waals surface area contributed by atoms with Crippen LogP contribution in [0.1, 0.15) is 5.56 Å². The van der Waals surface area contributed by atoms with Gasteiger partial charge in [-0.25, -0.2) is 9.69 Å². The summed E-state index contributed by atoms with van der Waals surface area (Å²) in [6.45, 7) is 0.610. The van der Waals surface area contributed by atoms with Crippen molar-refractivity contribution in [2.24, 2.45) is 0 Å². The van der Waals surface area contributed by atoms with Gasteiger partial charge in [-0.1, -0.05) is 12.1 Å². The van der Waals surface area contributed by atoms with Crippen molar-refractivity contribution in [2.45, 2.75) is 6.54 Å². The zero-order valence-electron chi connectivity index (χ0n) is 12.2. The summed E-state index contributed by atoms with van der Waals surface area (Å²) in [7, 11) is 4.67. The Hall–Kier alpha value is -2.41. The van der Waals surface area contributed by atoms with E-state index in [9.17, 15) is 14.4 Å². The van der Waals surface area contributed by atoms with Crippen molar-refractivity contribution in [3.05, 3.63) is 29.8 Å². The topological polar surface area (TPSA) is 70.2 Å². The first-order chi connectivity index (χ1) is 9.93. The highest BCUT2D eigenvalue weighted by Gasteiger charge is 2.42. The van der Waals surface area contributed by atoms with Gasteiger partial charge in [-0.2, -0.15) is 0 Å². The van der Waals surface area contributed by atoms with E-state index in [1.54, 1.807) is 19.1 Å². The van der Waals surface area contributed by atoms with Gasteiger partial charge in [0.05, 0.1) is 13.8 Å². The van der Waals surface area contributed by atoms with Gasteiger partial charge in [-0.15, -0.1) is 0 Å². The third kappa shape index (κ3) is 3.03. The summed E-state index contributed by atoms with van der Waals surface area (Å²) in [5.41, 5.74) is 1.01. The van der Waals surface area contributed by atoms with Crippen molar-refractivity contribution in [3.8, 4) is 5.75 Å². The molecule has 1 aromatic rings. The van der Waals surface area contributed by atoms with E-state index in [1.807, 2.05) is 24.3 Å². The Morgan fingerprint density at radius 2 is 1.71 bits per heavy atom. The van der Waals surface area contributed by atoms with Gasteiger partial charge in [0.25, 0.3) is 0 Å². The van der Waals surface area contributed by atoms with Gasteiger partial charge in [0.1, 0.15) is 5.75 Å². The molecule has 0 aliphatic carbocycles. The number of imide groups is 2. The van der Waals surface area contributed by atoms with Crippen LogP contribution in [-0.4, -0.2) is 60.4 Å². The number of hydrogen-bond donors (Lipinski definition) is 0. The highest BCUT2D eigenvalue weighted by atomic mass is 16.5. The molecule has 0 radical (unpaired) electrons. The van der Waals surface area contributed by atoms with Crippen molar-refractivity contribution >= 4 is 17.8 Å². The Morgan fingerprint density at radius 3 is 2.19 bits per heavy atom. The second kappa shape index (κ2) is 5.92. The van der Waals surface area contributed by atoms with Crippen LogP contribution in [0.2, 0.25) is 0 Å². The Kier molecular flexibility index (Phi) is 4.23. The van der Waals surface area contributed by atoms with Crippen molar-refractivity contribution in [3.63, 3.8) is 0 Å². The van der Waals surface area contributed by atoms with Crippen LogP contribution in [0.5, 0.6) is 5.75 Å². The molecule has 0 unspecified atom stereocenters. The summed E-state index contributed by atoms with van der Waals surface area (Å²) >= 11 is 0. The van der Waals surface area contributed by atoms with E-state index in [4.69, 9.17) is 4.74 Å². The molecule has 0 bridgehead atoms. The van der Waals surface area contributed by atoms with Gasteiger partial charge in [0.2, 0.25) is 0 Å². The number of carbonyl (C=O) groups excluding carboxylic acids is 3. The fourth-order valence-electron chi connectivity index (χ4n) is 2.07. The number of rotatable bonds is 5. The number of amides is 4. The molecule has 2 rings (SSSR count). The molecule has 1 aliphatic heterocycles. The number of nitrogens with zero attached hydrogens (tertiary/aromatic N) is 3. The summed E-state index contributed by atoms with van der Waals surface area (Å²) in [6, 6.07) is 6.89. The van der Waals surface area contributed by atoms with E-state index in [0.29, 0.717) is 6.54 Å². The van der Waals surface area contributed by atoms with E-state index >= 15 is 0 Å². The summed E-state index contributed by atoms with van der Waals surface area (Å²) in [5, 5.41) is 0. The largest absolute Gasteiger partial charge is 0.497 e. The lowest BCUT2D eigenvalue weighted by atomic mass is 10.2. The zero-order valence-corrected chi connectivity index (χ0v) is 12.2. The third-order valence-electron chi connectivity index (χ3n) is 3.24. The smallest absolute Gasteiger partial charge is 0.335 e. The zero-order chi connectivity index (χ0) is 15.6. The highest BCUT2D eigenvalue weighted by molar-refractivity contribution is 6.44. The summed E-state index contributed by atoms with van der Waals surface area (Å²) in [4.78, 5) is 38.4. The van der Waals surface area contributed by atoms with Gasteiger partial charge in [0, 0.05) is 13.6 Å². The first kappa shape index (κ1) is 15.0. The van der Waals surface area contributed by atoms with Crippen molar-refractivity contribution < 1.29 is 19.1 Å². The van der Waals surface area contributed by atoms with Gasteiger partial charge in [0.15, 0.2) is 0 Å². The van der Waals surface area contributed by atoms with Crippen molar-refractivity contribution in [1.29, 1.82) is 0 Å². The van der Waals surface area contributed by atoms with E-state index in [1.165, 1.54) is 7.05 Å². The molecule has 0 aromatic heterocycles. The number of ether oxygens (including phenoxy) is 1. The lowest BCUT2D eigenvalue weighted by molar-refractivity contribution is -0.143. The molecule has 0 spiro atoms. The Bertz CT molecular complexity index is 570. The normalized spacial score (nSPS) is 15.3. The van der Waals surface area contributed by atoms with Crippen LogP contribution in [-0.2, 0) is 16.1 Å². The molecule has 7 heteroatoms. The van der Waals surface area contributed by atoms with E-state index in [-0.39, 0.29) is 6.67 Å². The highest BCUT2D eigenvalue weighted by Crippen LogP contribution is 2.14. The van der Waals surface area contributed by atoms with E-state index < -0.39 is 17.8 Å². The summed E-state index contributed by atoms with van der Waals surface area (Å²) < 4.78 is 5.08. The minimum absolute atomic E-state index is 0.0692. The molecule has 1 heterocycles. The van der Waals surface area contributed by atoms with E-state index in [2.05, 4.69) is 0 Å². The average molecular weight is 291 g/mol. The minimum atomic E-state index is -0.794. The molecule has 112 valence electrons. The predicted octanol–water partition coefficient (Wildman–Crippen LogP) is 0.505. The van der Waals surface area contributed by atoms with Crippen molar-refractivity contribution in [1.82, 2.24) is 14.7 Å².